The molecule has 1 atom stereocenters. The second kappa shape index (κ2) is 6.52. The summed E-state index contributed by atoms with van der Waals surface area (Å²) in [6.45, 7) is 0.243. The molecule has 144 valence electrons. The lowest BCUT2D eigenvalue weighted by Crippen LogP contribution is -2.24. The van der Waals surface area contributed by atoms with E-state index >= 15 is 0 Å². The highest BCUT2D eigenvalue weighted by molar-refractivity contribution is 5.77. The molecule has 1 aromatic heterocycles. The molecule has 3 rings (SSSR count). The minimum atomic E-state index is -4.94. The Balaban J connectivity index is 2.21. The Morgan fingerprint density at radius 1 is 1.19 bits per heavy atom. The fraction of sp³-hybridized carbons (Fsp3) is 0.400. The van der Waals surface area contributed by atoms with Crippen molar-refractivity contribution in [3.63, 3.8) is 0 Å². The molecule has 0 N–H and O–H groups in total. The van der Waals surface area contributed by atoms with Gasteiger partial charge in [-0.15, -0.1) is 0 Å². The summed E-state index contributed by atoms with van der Waals surface area (Å²) in [6, 6.07) is 0.245. The van der Waals surface area contributed by atoms with Crippen molar-refractivity contribution in [2.24, 2.45) is 7.05 Å². The lowest BCUT2D eigenvalue weighted by molar-refractivity contribution is -0.393. The third kappa shape index (κ3) is 3.41. The smallest absolute Gasteiger partial charge is 0.353 e. The van der Waals surface area contributed by atoms with Crippen LogP contribution in [0.1, 0.15) is 30.0 Å². The van der Waals surface area contributed by atoms with Crippen LogP contribution < -0.4 is 4.90 Å². The largest absolute Gasteiger partial charge is 0.416 e. The minimum Gasteiger partial charge on any atom is -0.353 e. The first kappa shape index (κ1) is 18.6. The molecule has 1 unspecified atom stereocenters. The molecule has 1 fully saturated rings. The topological polar surface area (TPSA) is 107 Å². The molecule has 1 aliphatic heterocycles. The standard InChI is InChI=1S/C15H14F3N5O4/c1-20-8-9(7-19-20)11-3-2-4-21(11)14-12(22(24)25)5-10(15(16,17)18)6-13(14)23(26)27/h5-8,11H,2-4H2,1H3. The normalized spacial score (nSPS) is 17.3. The zero-order valence-corrected chi connectivity index (χ0v) is 14.0. The molecule has 2 heterocycles. The zero-order valence-electron chi connectivity index (χ0n) is 14.0. The summed E-state index contributed by atoms with van der Waals surface area (Å²) in [5.41, 5.74) is -3.04. The number of hydrogen-bond acceptors (Lipinski definition) is 6. The third-order valence-corrected chi connectivity index (χ3v) is 4.44. The van der Waals surface area contributed by atoms with Crippen molar-refractivity contribution >= 4 is 17.1 Å². The van der Waals surface area contributed by atoms with Crippen molar-refractivity contribution in [1.29, 1.82) is 0 Å². The average Bonchev–Trinajstić information content (AvgIpc) is 3.20. The molecule has 1 saturated heterocycles. The van der Waals surface area contributed by atoms with Crippen molar-refractivity contribution < 1.29 is 23.0 Å². The Morgan fingerprint density at radius 3 is 2.22 bits per heavy atom. The number of nitro benzene ring substituents is 2. The number of nitro groups is 2. The number of alkyl halides is 3. The first-order valence-electron chi connectivity index (χ1n) is 7.89. The van der Waals surface area contributed by atoms with Gasteiger partial charge in [0.25, 0.3) is 11.4 Å². The van der Waals surface area contributed by atoms with Crippen molar-refractivity contribution in [1.82, 2.24) is 9.78 Å². The van der Waals surface area contributed by atoms with E-state index in [1.807, 2.05) is 0 Å². The van der Waals surface area contributed by atoms with E-state index in [1.165, 1.54) is 15.8 Å². The number of aryl methyl sites for hydroxylation is 1. The molecule has 27 heavy (non-hydrogen) atoms. The van der Waals surface area contributed by atoms with Gasteiger partial charge in [0.1, 0.15) is 0 Å². The molecule has 1 aliphatic rings. The van der Waals surface area contributed by atoms with Gasteiger partial charge in [0, 0.05) is 37.5 Å². The predicted octanol–water partition coefficient (Wildman–Crippen LogP) is 3.60. The maximum atomic E-state index is 13.1. The zero-order chi connectivity index (χ0) is 19.9. The number of aromatic nitrogens is 2. The molecule has 1 aromatic carbocycles. The molecular weight excluding hydrogens is 371 g/mol. The first-order chi connectivity index (χ1) is 12.6. The molecular formula is C15H14F3N5O4. The summed E-state index contributed by atoms with van der Waals surface area (Å²) >= 11 is 0. The molecule has 12 heteroatoms. The van der Waals surface area contributed by atoms with E-state index in [0.717, 1.165) is 0 Å². The molecule has 0 aliphatic carbocycles. The van der Waals surface area contributed by atoms with Crippen LogP contribution in [0.5, 0.6) is 0 Å². The van der Waals surface area contributed by atoms with E-state index in [2.05, 4.69) is 5.10 Å². The van der Waals surface area contributed by atoms with Crippen LogP contribution in [0.4, 0.5) is 30.2 Å². The Labute approximate surface area is 150 Å². The number of benzene rings is 1. The molecule has 0 saturated carbocycles. The molecule has 0 amide bonds. The fourth-order valence-corrected chi connectivity index (χ4v) is 3.33. The minimum absolute atomic E-state index is 0.243. The van der Waals surface area contributed by atoms with Gasteiger partial charge in [0.15, 0.2) is 5.69 Å². The summed E-state index contributed by atoms with van der Waals surface area (Å²) < 4.78 is 40.7. The quantitative estimate of drug-likeness (QED) is 0.588. The van der Waals surface area contributed by atoms with Gasteiger partial charge in [-0.1, -0.05) is 0 Å². The van der Waals surface area contributed by atoms with Gasteiger partial charge in [-0.25, -0.2) is 0 Å². The van der Waals surface area contributed by atoms with Crippen LogP contribution in [0.25, 0.3) is 0 Å². The van der Waals surface area contributed by atoms with Crippen LogP contribution in [-0.4, -0.2) is 26.2 Å². The Morgan fingerprint density at radius 2 is 1.78 bits per heavy atom. The number of rotatable bonds is 4. The van der Waals surface area contributed by atoms with Gasteiger partial charge in [0.2, 0.25) is 0 Å². The monoisotopic (exact) mass is 385 g/mol. The second-order valence-electron chi connectivity index (χ2n) is 6.17. The van der Waals surface area contributed by atoms with Crippen LogP contribution in [0.2, 0.25) is 0 Å². The highest BCUT2D eigenvalue weighted by Crippen LogP contribution is 2.47. The van der Waals surface area contributed by atoms with Crippen molar-refractivity contribution in [2.45, 2.75) is 25.1 Å². The number of halogens is 3. The first-order valence-corrected chi connectivity index (χ1v) is 7.89. The van der Waals surface area contributed by atoms with Crippen molar-refractivity contribution in [3.05, 3.63) is 55.9 Å². The lowest BCUT2D eigenvalue weighted by Gasteiger charge is -2.25. The maximum Gasteiger partial charge on any atom is 0.416 e. The van der Waals surface area contributed by atoms with Crippen LogP contribution >= 0.6 is 0 Å². The van der Waals surface area contributed by atoms with Gasteiger partial charge in [0.05, 0.1) is 27.6 Å². The Bertz CT molecular complexity index is 876. The van der Waals surface area contributed by atoms with Gasteiger partial charge in [-0.05, 0) is 12.8 Å². The molecule has 2 aromatic rings. The van der Waals surface area contributed by atoms with E-state index in [1.54, 1.807) is 13.2 Å². The van der Waals surface area contributed by atoms with Gasteiger partial charge in [-0.3, -0.25) is 24.9 Å². The van der Waals surface area contributed by atoms with Crippen molar-refractivity contribution in [3.8, 4) is 0 Å². The van der Waals surface area contributed by atoms with Crippen LogP contribution in [0.3, 0.4) is 0 Å². The second-order valence-corrected chi connectivity index (χ2v) is 6.17. The summed E-state index contributed by atoms with van der Waals surface area (Å²) in [5.74, 6) is 0. The SMILES string of the molecule is Cn1cc(C2CCCN2c2c([N+](=O)[O-])cc(C(F)(F)F)cc2[N+](=O)[O-])cn1. The van der Waals surface area contributed by atoms with Gasteiger partial charge >= 0.3 is 6.18 Å². The number of nitrogens with zero attached hydrogens (tertiary/aromatic N) is 5. The van der Waals surface area contributed by atoms with Crippen LogP contribution in [-0.2, 0) is 13.2 Å². The van der Waals surface area contributed by atoms with Crippen molar-refractivity contribution in [2.75, 3.05) is 11.4 Å². The average molecular weight is 385 g/mol. The van der Waals surface area contributed by atoms with Gasteiger partial charge < -0.3 is 4.90 Å². The third-order valence-electron chi connectivity index (χ3n) is 4.44. The summed E-state index contributed by atoms with van der Waals surface area (Å²) in [7, 11) is 1.67. The van der Waals surface area contributed by atoms with E-state index in [4.69, 9.17) is 0 Å². The highest BCUT2D eigenvalue weighted by atomic mass is 19.4. The van der Waals surface area contributed by atoms with Crippen LogP contribution in [0.15, 0.2) is 24.5 Å². The summed E-state index contributed by atoms with van der Waals surface area (Å²) in [4.78, 5) is 22.3. The van der Waals surface area contributed by atoms with Crippen LogP contribution in [0, 0.1) is 20.2 Å². The molecule has 9 nitrogen and oxygen atoms in total. The Hall–Kier alpha value is -3.18. The molecule has 0 bridgehead atoms. The Kier molecular flexibility index (Phi) is 4.49. The lowest BCUT2D eigenvalue weighted by atomic mass is 10.1. The summed E-state index contributed by atoms with van der Waals surface area (Å²) in [6.07, 6.45) is -0.618. The number of anilines is 1. The van der Waals surface area contributed by atoms with E-state index < -0.39 is 44.7 Å². The van der Waals surface area contributed by atoms with Gasteiger partial charge in [-0.2, -0.15) is 18.3 Å². The fourth-order valence-electron chi connectivity index (χ4n) is 3.33. The predicted molar refractivity (Wildman–Crippen MR) is 87.3 cm³/mol. The van der Waals surface area contributed by atoms with E-state index in [0.29, 0.717) is 30.5 Å². The van der Waals surface area contributed by atoms with E-state index in [9.17, 15) is 33.4 Å². The highest BCUT2D eigenvalue weighted by Gasteiger charge is 2.42. The molecule has 0 radical (unpaired) electrons. The number of hydrogen-bond donors (Lipinski definition) is 0. The summed E-state index contributed by atoms with van der Waals surface area (Å²) in [5, 5.41) is 26.9. The maximum absolute atomic E-state index is 13.1. The molecule has 0 spiro atoms. The van der Waals surface area contributed by atoms with E-state index in [-0.39, 0.29) is 6.54 Å².